The zero-order valence-electron chi connectivity index (χ0n) is 24.3. The van der Waals surface area contributed by atoms with E-state index in [1.807, 2.05) is 4.90 Å². The van der Waals surface area contributed by atoms with Crippen LogP contribution in [0.2, 0.25) is 0 Å². The molecular weight excluding hydrogens is 586 g/mol. The summed E-state index contributed by atoms with van der Waals surface area (Å²) in [6.45, 7) is 4.46. The predicted octanol–water partition coefficient (Wildman–Crippen LogP) is 4.98. The fraction of sp³-hybridized carbons (Fsp3) is 0.433. The van der Waals surface area contributed by atoms with Gasteiger partial charge in [-0.15, -0.1) is 0 Å². The summed E-state index contributed by atoms with van der Waals surface area (Å²) in [7, 11) is 3.00. The van der Waals surface area contributed by atoms with E-state index in [0.717, 1.165) is 0 Å². The summed E-state index contributed by atoms with van der Waals surface area (Å²) < 4.78 is 62.6. The molecule has 2 aromatic heterocycles. The molecule has 3 aromatic rings. The number of carbonyl (C=O) groups is 1. The van der Waals surface area contributed by atoms with Crippen molar-refractivity contribution in [2.24, 2.45) is 0 Å². The summed E-state index contributed by atoms with van der Waals surface area (Å²) >= 11 is -0.264. The normalized spacial score (nSPS) is 17.7. The lowest BCUT2D eigenvalue weighted by molar-refractivity contribution is -0.0330. The van der Waals surface area contributed by atoms with Gasteiger partial charge in [-0.05, 0) is 56.7 Å². The SMILES string of the molecule is CNC(=O)c1ccc(OC)c(NCC#Cc2cc3c(N[C@@H]4CCN(CC(C)(C)O)C[C@@H]4F)cccn3c2SC(F)(F)F)c1. The second-order valence-corrected chi connectivity index (χ2v) is 11.9. The fourth-order valence-electron chi connectivity index (χ4n) is 5.03. The average molecular weight is 622 g/mol. The molecule has 1 aromatic carbocycles. The topological polar surface area (TPSA) is 90.3 Å². The summed E-state index contributed by atoms with van der Waals surface area (Å²) in [5, 5.41) is 18.8. The number of anilines is 2. The minimum atomic E-state index is -4.56. The van der Waals surface area contributed by atoms with Crippen molar-refractivity contribution in [1.82, 2.24) is 14.6 Å². The van der Waals surface area contributed by atoms with E-state index in [0.29, 0.717) is 47.7 Å². The highest BCUT2D eigenvalue weighted by Crippen LogP contribution is 2.41. The molecule has 0 saturated carbocycles. The molecule has 0 aliphatic carbocycles. The first-order chi connectivity index (χ1) is 20.3. The van der Waals surface area contributed by atoms with Crippen molar-refractivity contribution >= 4 is 34.6 Å². The Bertz CT molecular complexity index is 1510. The molecule has 3 heterocycles. The molecular formula is C30H35F4N5O3S. The lowest BCUT2D eigenvalue weighted by Crippen LogP contribution is -2.51. The zero-order chi connectivity index (χ0) is 31.4. The van der Waals surface area contributed by atoms with Crippen LogP contribution in [-0.4, -0.2) is 84.0 Å². The fourth-order valence-corrected chi connectivity index (χ4v) is 5.73. The maximum absolute atomic E-state index is 15.1. The Morgan fingerprint density at radius 3 is 2.63 bits per heavy atom. The summed E-state index contributed by atoms with van der Waals surface area (Å²) in [6, 6.07) is 9.17. The number of hydrogen-bond acceptors (Lipinski definition) is 7. The Kier molecular flexibility index (Phi) is 10.0. The minimum Gasteiger partial charge on any atom is -0.495 e. The van der Waals surface area contributed by atoms with Crippen LogP contribution in [0.15, 0.2) is 47.6 Å². The van der Waals surface area contributed by atoms with Crippen molar-refractivity contribution in [3.05, 3.63) is 53.7 Å². The summed E-state index contributed by atoms with van der Waals surface area (Å²) in [4.78, 5) is 13.9. The van der Waals surface area contributed by atoms with Crippen LogP contribution >= 0.6 is 11.8 Å². The number of benzene rings is 1. The van der Waals surface area contributed by atoms with Crippen LogP contribution in [0.5, 0.6) is 5.75 Å². The monoisotopic (exact) mass is 621 g/mol. The number of nitrogens with zero attached hydrogens (tertiary/aromatic N) is 2. The third-order valence-electron chi connectivity index (χ3n) is 6.83. The van der Waals surface area contributed by atoms with Gasteiger partial charge < -0.3 is 30.2 Å². The summed E-state index contributed by atoms with van der Waals surface area (Å²) in [5.74, 6) is 5.90. The van der Waals surface area contributed by atoms with Gasteiger partial charge in [-0.2, -0.15) is 13.2 Å². The van der Waals surface area contributed by atoms with Crippen molar-refractivity contribution in [2.75, 3.05) is 51.0 Å². The Balaban J connectivity index is 1.57. The number of alkyl halides is 4. The van der Waals surface area contributed by atoms with E-state index in [-0.39, 0.29) is 41.3 Å². The van der Waals surface area contributed by atoms with Gasteiger partial charge in [0.15, 0.2) is 0 Å². The summed E-state index contributed by atoms with van der Waals surface area (Å²) in [6.07, 6.45) is 0.748. The Morgan fingerprint density at radius 2 is 1.98 bits per heavy atom. The van der Waals surface area contributed by atoms with Gasteiger partial charge in [0.05, 0.1) is 47.8 Å². The largest absolute Gasteiger partial charge is 0.495 e. The number of halogens is 4. The molecule has 1 amide bonds. The number of carbonyl (C=O) groups excluding carboxylic acids is 1. The van der Waals surface area contributed by atoms with Gasteiger partial charge in [-0.1, -0.05) is 11.8 Å². The molecule has 4 N–H and O–H groups in total. The molecule has 0 unspecified atom stereocenters. The maximum atomic E-state index is 15.1. The number of hydrogen-bond donors (Lipinski definition) is 4. The lowest BCUT2D eigenvalue weighted by atomic mass is 10.0. The number of β-amino-alcohol motifs (C(OH)–C–C–N with tert-alkyl or cyclic N) is 1. The van der Waals surface area contributed by atoms with Gasteiger partial charge in [0.2, 0.25) is 0 Å². The van der Waals surface area contributed by atoms with Crippen molar-refractivity contribution < 1.29 is 32.2 Å². The molecule has 1 saturated heterocycles. The molecule has 0 spiro atoms. The number of aromatic nitrogens is 1. The number of ether oxygens (including phenoxy) is 1. The lowest BCUT2D eigenvalue weighted by Gasteiger charge is -2.38. The van der Waals surface area contributed by atoms with E-state index < -0.39 is 23.3 Å². The smallest absolute Gasteiger partial charge is 0.447 e. The number of aliphatic hydroxyl groups is 1. The van der Waals surface area contributed by atoms with Crippen LogP contribution in [0.3, 0.4) is 0 Å². The first-order valence-electron chi connectivity index (χ1n) is 13.7. The second kappa shape index (κ2) is 13.4. The second-order valence-electron chi connectivity index (χ2n) is 10.8. The molecule has 232 valence electrons. The number of piperidine rings is 1. The van der Waals surface area contributed by atoms with Crippen molar-refractivity contribution in [1.29, 1.82) is 0 Å². The van der Waals surface area contributed by atoms with Gasteiger partial charge in [0.1, 0.15) is 16.9 Å². The highest BCUT2D eigenvalue weighted by molar-refractivity contribution is 8.00. The third-order valence-corrected chi connectivity index (χ3v) is 7.67. The van der Waals surface area contributed by atoms with E-state index in [1.165, 1.54) is 24.8 Å². The maximum Gasteiger partial charge on any atom is 0.447 e. The van der Waals surface area contributed by atoms with E-state index in [9.17, 15) is 23.1 Å². The molecule has 1 aliphatic rings. The quantitative estimate of drug-likeness (QED) is 0.152. The molecule has 0 radical (unpaired) electrons. The van der Waals surface area contributed by atoms with Gasteiger partial charge in [-0.25, -0.2) is 4.39 Å². The molecule has 43 heavy (non-hydrogen) atoms. The highest BCUT2D eigenvalue weighted by atomic mass is 32.2. The Hall–Kier alpha value is -3.60. The molecule has 0 bridgehead atoms. The van der Waals surface area contributed by atoms with Crippen molar-refractivity contribution in [2.45, 2.75) is 48.6 Å². The number of fused-ring (bicyclic) bond motifs is 1. The van der Waals surface area contributed by atoms with Crippen LogP contribution in [0.25, 0.3) is 5.52 Å². The Labute approximate surface area is 252 Å². The van der Waals surface area contributed by atoms with Gasteiger partial charge in [0.25, 0.3) is 5.91 Å². The zero-order valence-corrected chi connectivity index (χ0v) is 25.1. The average Bonchev–Trinajstić information content (AvgIpc) is 3.27. The molecule has 2 atom stereocenters. The highest BCUT2D eigenvalue weighted by Gasteiger charge is 2.34. The van der Waals surface area contributed by atoms with Gasteiger partial charge >= 0.3 is 5.51 Å². The molecule has 8 nitrogen and oxygen atoms in total. The Morgan fingerprint density at radius 1 is 1.21 bits per heavy atom. The predicted molar refractivity (Wildman–Crippen MR) is 161 cm³/mol. The summed E-state index contributed by atoms with van der Waals surface area (Å²) in [5.41, 5.74) is -3.49. The van der Waals surface area contributed by atoms with E-state index in [4.69, 9.17) is 4.74 Å². The number of amides is 1. The molecule has 13 heteroatoms. The third kappa shape index (κ3) is 8.49. The number of thioether (sulfide) groups is 1. The van der Waals surface area contributed by atoms with E-state index in [1.54, 1.807) is 50.2 Å². The van der Waals surface area contributed by atoms with Crippen LogP contribution in [0, 0.1) is 11.8 Å². The van der Waals surface area contributed by atoms with Gasteiger partial charge in [-0.3, -0.25) is 9.69 Å². The first-order valence-corrected chi connectivity index (χ1v) is 14.5. The number of rotatable bonds is 9. The number of pyridine rings is 1. The minimum absolute atomic E-state index is 0.0632. The van der Waals surface area contributed by atoms with Crippen LogP contribution in [0.4, 0.5) is 28.9 Å². The van der Waals surface area contributed by atoms with Crippen LogP contribution in [0.1, 0.15) is 36.2 Å². The molecule has 1 fully saturated rings. The number of likely N-dealkylation sites (tertiary alicyclic amines) is 1. The van der Waals surface area contributed by atoms with Crippen LogP contribution < -0.4 is 20.7 Å². The van der Waals surface area contributed by atoms with Crippen molar-refractivity contribution in [3.8, 4) is 17.6 Å². The molecule has 4 rings (SSSR count). The number of methoxy groups -OCH3 is 1. The van der Waals surface area contributed by atoms with Crippen molar-refractivity contribution in [3.63, 3.8) is 0 Å². The van der Waals surface area contributed by atoms with Gasteiger partial charge in [0, 0.05) is 50.2 Å². The van der Waals surface area contributed by atoms with E-state index >= 15 is 4.39 Å². The molecule has 1 aliphatic heterocycles. The first kappa shape index (κ1) is 32.3. The number of nitrogens with one attached hydrogen (secondary N) is 3. The standard InChI is InChI=1S/C30H35F4N5O3S/c1-29(2,41)18-38-14-11-22(21(31)17-38)37-23-8-6-13-39-25(23)16-20(28(39)43-30(32,33)34)7-5-12-36-24-15-19(27(40)35-3)9-10-26(24)42-4/h6,8-10,13,15-16,21-22,36-37,41H,11-12,14,17-18H2,1-4H3,(H,35,40)/t21-,22+/m0/s1. The van der Waals surface area contributed by atoms with E-state index in [2.05, 4.69) is 27.8 Å². The van der Waals surface area contributed by atoms with Crippen LogP contribution in [-0.2, 0) is 0 Å².